The van der Waals surface area contributed by atoms with Gasteiger partial charge in [0, 0.05) is 6.54 Å². The first-order valence-electron chi connectivity index (χ1n) is 5.33. The fraction of sp³-hybridized carbons (Fsp3) is 0.455. The molecule has 0 aromatic carbocycles. The van der Waals surface area contributed by atoms with Crippen molar-refractivity contribution in [2.75, 3.05) is 13.6 Å². The highest BCUT2D eigenvalue weighted by Gasteiger charge is 2.13. The van der Waals surface area contributed by atoms with Gasteiger partial charge in [-0.3, -0.25) is 9.58 Å². The summed E-state index contributed by atoms with van der Waals surface area (Å²) in [5.41, 5.74) is 0. The van der Waals surface area contributed by atoms with E-state index < -0.39 is 0 Å². The molecule has 5 nitrogen and oxygen atoms in total. The quantitative estimate of drug-likeness (QED) is 0.767. The maximum Gasteiger partial charge on any atom is 0.137 e. The Morgan fingerprint density at radius 3 is 3.06 bits per heavy atom. The number of hydrogen-bond donors (Lipinski definition) is 0. The molecule has 0 aliphatic heterocycles. The normalized spacial score (nSPS) is 13.2. The number of aromatic nitrogens is 3. The van der Waals surface area contributed by atoms with Gasteiger partial charge < -0.3 is 4.42 Å². The van der Waals surface area contributed by atoms with Crippen LogP contribution in [0.15, 0.2) is 35.5 Å². The maximum atomic E-state index is 5.38. The van der Waals surface area contributed by atoms with E-state index in [4.69, 9.17) is 4.42 Å². The Balaban J connectivity index is 1.86. The largest absolute Gasteiger partial charge is 0.468 e. The van der Waals surface area contributed by atoms with Crippen LogP contribution in [0.5, 0.6) is 0 Å². The molecule has 16 heavy (non-hydrogen) atoms. The molecule has 0 fully saturated rings. The molecular weight excluding hydrogens is 204 g/mol. The Labute approximate surface area is 94.7 Å². The lowest BCUT2D eigenvalue weighted by atomic mass is 10.2. The molecule has 0 spiro atoms. The third-order valence-corrected chi connectivity index (χ3v) is 2.76. The van der Waals surface area contributed by atoms with Gasteiger partial charge >= 0.3 is 0 Å². The van der Waals surface area contributed by atoms with E-state index in [1.165, 1.54) is 0 Å². The van der Waals surface area contributed by atoms with E-state index in [-0.39, 0.29) is 6.04 Å². The standard InChI is InChI=1S/C11H16N4O/c1-10(11-4-3-7-16-11)14(2)5-6-15-9-12-8-13-15/h3-4,7-10H,5-6H2,1-2H3/t10-/m1/s1. The summed E-state index contributed by atoms with van der Waals surface area (Å²) in [6, 6.07) is 4.19. The molecule has 5 heteroatoms. The van der Waals surface area contributed by atoms with Crippen LogP contribution in [0.25, 0.3) is 0 Å². The van der Waals surface area contributed by atoms with E-state index >= 15 is 0 Å². The van der Waals surface area contributed by atoms with E-state index in [1.807, 2.05) is 16.8 Å². The van der Waals surface area contributed by atoms with Crippen molar-refractivity contribution in [1.82, 2.24) is 19.7 Å². The second kappa shape index (κ2) is 4.94. The Kier molecular flexibility index (Phi) is 3.36. The van der Waals surface area contributed by atoms with Crippen molar-refractivity contribution < 1.29 is 4.42 Å². The summed E-state index contributed by atoms with van der Waals surface area (Å²) < 4.78 is 7.20. The number of furan rings is 1. The van der Waals surface area contributed by atoms with Crippen molar-refractivity contribution in [3.8, 4) is 0 Å². The molecule has 2 heterocycles. The van der Waals surface area contributed by atoms with Crippen molar-refractivity contribution >= 4 is 0 Å². The third kappa shape index (κ3) is 2.49. The molecule has 2 aromatic heterocycles. The minimum absolute atomic E-state index is 0.276. The lowest BCUT2D eigenvalue weighted by Crippen LogP contribution is -2.26. The second-order valence-electron chi connectivity index (χ2n) is 3.83. The van der Waals surface area contributed by atoms with Crippen LogP contribution in [0.4, 0.5) is 0 Å². The van der Waals surface area contributed by atoms with Gasteiger partial charge in [0.1, 0.15) is 18.4 Å². The van der Waals surface area contributed by atoms with Gasteiger partial charge in [-0.05, 0) is 26.1 Å². The Hall–Kier alpha value is -1.62. The predicted octanol–water partition coefficient (Wildman–Crippen LogP) is 1.56. The summed E-state index contributed by atoms with van der Waals surface area (Å²) in [7, 11) is 2.07. The molecule has 86 valence electrons. The minimum Gasteiger partial charge on any atom is -0.468 e. The molecule has 1 atom stereocenters. The topological polar surface area (TPSA) is 47.1 Å². The smallest absolute Gasteiger partial charge is 0.137 e. The van der Waals surface area contributed by atoms with E-state index in [0.717, 1.165) is 18.8 Å². The van der Waals surface area contributed by atoms with E-state index in [9.17, 15) is 0 Å². The van der Waals surface area contributed by atoms with Crippen molar-refractivity contribution in [1.29, 1.82) is 0 Å². The molecule has 0 unspecified atom stereocenters. The van der Waals surface area contributed by atoms with Crippen LogP contribution in [-0.4, -0.2) is 33.3 Å². The molecule has 0 aliphatic carbocycles. The fourth-order valence-corrected chi connectivity index (χ4v) is 1.55. The van der Waals surface area contributed by atoms with Crippen LogP contribution in [0.2, 0.25) is 0 Å². The monoisotopic (exact) mass is 220 g/mol. The number of likely N-dealkylation sites (N-methyl/N-ethyl adjacent to an activating group) is 1. The van der Waals surface area contributed by atoms with Gasteiger partial charge in [0.05, 0.1) is 18.8 Å². The Bertz CT molecular complexity index is 396. The number of hydrogen-bond acceptors (Lipinski definition) is 4. The third-order valence-electron chi connectivity index (χ3n) is 2.76. The first-order valence-corrected chi connectivity index (χ1v) is 5.33. The number of rotatable bonds is 5. The molecular formula is C11H16N4O. The zero-order chi connectivity index (χ0) is 11.4. The van der Waals surface area contributed by atoms with Gasteiger partial charge in [-0.15, -0.1) is 0 Å². The van der Waals surface area contributed by atoms with Crippen LogP contribution >= 0.6 is 0 Å². The van der Waals surface area contributed by atoms with Gasteiger partial charge in [0.2, 0.25) is 0 Å². The zero-order valence-corrected chi connectivity index (χ0v) is 9.58. The van der Waals surface area contributed by atoms with Crippen LogP contribution in [0.3, 0.4) is 0 Å². The average Bonchev–Trinajstić information content (AvgIpc) is 2.96. The summed E-state index contributed by atoms with van der Waals surface area (Å²) in [6.07, 6.45) is 4.98. The van der Waals surface area contributed by atoms with Gasteiger partial charge in [0.15, 0.2) is 0 Å². The molecule has 0 N–H and O–H groups in total. The zero-order valence-electron chi connectivity index (χ0n) is 9.58. The van der Waals surface area contributed by atoms with Crippen molar-refractivity contribution in [3.63, 3.8) is 0 Å². The van der Waals surface area contributed by atoms with E-state index in [0.29, 0.717) is 0 Å². The summed E-state index contributed by atoms with van der Waals surface area (Å²) >= 11 is 0. The SMILES string of the molecule is C[C@H](c1ccco1)N(C)CCn1cncn1. The molecule has 0 saturated carbocycles. The summed E-state index contributed by atoms with van der Waals surface area (Å²) in [5.74, 6) is 0.987. The number of nitrogens with zero attached hydrogens (tertiary/aromatic N) is 4. The van der Waals surface area contributed by atoms with Crippen molar-refractivity contribution in [2.45, 2.75) is 19.5 Å². The first-order chi connectivity index (χ1) is 7.77. The molecule has 2 rings (SSSR count). The molecule has 0 amide bonds. The summed E-state index contributed by atoms with van der Waals surface area (Å²) in [5, 5.41) is 4.07. The van der Waals surface area contributed by atoms with Crippen LogP contribution in [0, 0.1) is 0 Å². The maximum absolute atomic E-state index is 5.38. The molecule has 0 bridgehead atoms. The first kappa shape index (κ1) is 10.9. The Morgan fingerprint density at radius 1 is 1.56 bits per heavy atom. The van der Waals surface area contributed by atoms with Gasteiger partial charge in [-0.1, -0.05) is 0 Å². The highest BCUT2D eigenvalue weighted by atomic mass is 16.3. The van der Waals surface area contributed by atoms with Gasteiger partial charge in [-0.2, -0.15) is 5.10 Å². The van der Waals surface area contributed by atoms with E-state index in [1.54, 1.807) is 18.9 Å². The lowest BCUT2D eigenvalue weighted by molar-refractivity contribution is 0.220. The van der Waals surface area contributed by atoms with E-state index in [2.05, 4.69) is 29.0 Å². The fourth-order valence-electron chi connectivity index (χ4n) is 1.55. The molecule has 0 aliphatic rings. The van der Waals surface area contributed by atoms with Crippen molar-refractivity contribution in [2.24, 2.45) is 0 Å². The molecule has 0 radical (unpaired) electrons. The predicted molar refractivity (Wildman–Crippen MR) is 59.8 cm³/mol. The van der Waals surface area contributed by atoms with Crippen LogP contribution in [-0.2, 0) is 6.54 Å². The van der Waals surface area contributed by atoms with Crippen LogP contribution < -0.4 is 0 Å². The molecule has 0 saturated heterocycles. The Morgan fingerprint density at radius 2 is 2.44 bits per heavy atom. The summed E-state index contributed by atoms with van der Waals surface area (Å²) in [4.78, 5) is 6.13. The van der Waals surface area contributed by atoms with Crippen molar-refractivity contribution in [3.05, 3.63) is 36.8 Å². The van der Waals surface area contributed by atoms with Gasteiger partial charge in [0.25, 0.3) is 0 Å². The summed E-state index contributed by atoms with van der Waals surface area (Å²) in [6.45, 7) is 3.87. The average molecular weight is 220 g/mol. The lowest BCUT2D eigenvalue weighted by Gasteiger charge is -2.22. The second-order valence-corrected chi connectivity index (χ2v) is 3.83. The van der Waals surface area contributed by atoms with Gasteiger partial charge in [-0.25, -0.2) is 4.98 Å². The van der Waals surface area contributed by atoms with Crippen LogP contribution in [0.1, 0.15) is 18.7 Å². The highest BCUT2D eigenvalue weighted by Crippen LogP contribution is 2.18. The molecule has 2 aromatic rings. The highest BCUT2D eigenvalue weighted by molar-refractivity contribution is 5.03. The minimum atomic E-state index is 0.276.